The van der Waals surface area contributed by atoms with E-state index in [0.29, 0.717) is 11.9 Å². The monoisotopic (exact) mass is 409 g/mol. The first kappa shape index (κ1) is 22.4. The second kappa shape index (κ2) is 8.81. The SMILES string of the molecule is COC1CCC2(CC1)Cc1ccc(C#CCC(C)C)cc1[C@@]2(C=O)N=C(N)N(C)C. The lowest BCUT2D eigenvalue weighted by atomic mass is 9.62. The molecule has 2 aliphatic rings. The molecule has 1 aromatic rings. The molecule has 0 unspecified atom stereocenters. The average Bonchev–Trinajstić information content (AvgIpc) is 2.97. The fourth-order valence-corrected chi connectivity index (χ4v) is 4.92. The van der Waals surface area contributed by atoms with Gasteiger partial charge < -0.3 is 20.2 Å². The van der Waals surface area contributed by atoms with Crippen molar-refractivity contribution in [2.75, 3.05) is 21.2 Å². The van der Waals surface area contributed by atoms with Crippen molar-refractivity contribution in [1.29, 1.82) is 0 Å². The van der Waals surface area contributed by atoms with Crippen LogP contribution in [0, 0.1) is 23.2 Å². The summed E-state index contributed by atoms with van der Waals surface area (Å²) in [7, 11) is 5.48. The summed E-state index contributed by atoms with van der Waals surface area (Å²) in [6, 6.07) is 6.27. The summed E-state index contributed by atoms with van der Waals surface area (Å²) >= 11 is 0. The van der Waals surface area contributed by atoms with Crippen molar-refractivity contribution < 1.29 is 9.53 Å². The molecule has 1 atom stereocenters. The van der Waals surface area contributed by atoms with E-state index in [-0.39, 0.29) is 11.5 Å². The van der Waals surface area contributed by atoms with Crippen molar-refractivity contribution in [2.24, 2.45) is 22.1 Å². The Kier molecular flexibility index (Phi) is 6.57. The Morgan fingerprint density at radius 2 is 2.07 bits per heavy atom. The summed E-state index contributed by atoms with van der Waals surface area (Å²) in [6.07, 6.45) is 6.60. The van der Waals surface area contributed by atoms with E-state index in [1.54, 1.807) is 12.0 Å². The highest BCUT2D eigenvalue weighted by Crippen LogP contribution is 2.59. The van der Waals surface area contributed by atoms with Crippen LogP contribution in [0.1, 0.15) is 62.6 Å². The summed E-state index contributed by atoms with van der Waals surface area (Å²) < 4.78 is 5.60. The van der Waals surface area contributed by atoms with Crippen LogP contribution in [0.25, 0.3) is 0 Å². The van der Waals surface area contributed by atoms with E-state index in [4.69, 9.17) is 15.5 Å². The Morgan fingerprint density at radius 3 is 2.63 bits per heavy atom. The minimum atomic E-state index is -0.981. The average molecular weight is 410 g/mol. The number of nitrogens with zero attached hydrogens (tertiary/aromatic N) is 2. The Morgan fingerprint density at radius 1 is 1.37 bits per heavy atom. The molecule has 0 saturated heterocycles. The number of guanidine groups is 1. The standard InChI is InChI=1S/C25H35N3O2/c1-18(2)7-6-8-19-9-10-20-16-24(13-11-21(30-5)12-14-24)25(17-29,22(20)15-19)27-23(26)28(3)4/h9-10,15,17-18,21H,7,11-14,16H2,1-5H3,(H2,26,27)/t21?,24?,25-/m1/s1. The van der Waals surface area contributed by atoms with Crippen molar-refractivity contribution in [3.8, 4) is 11.8 Å². The summed E-state index contributed by atoms with van der Waals surface area (Å²) in [5.74, 6) is 7.44. The number of fused-ring (bicyclic) bond motifs is 1. The van der Waals surface area contributed by atoms with E-state index >= 15 is 0 Å². The second-order valence-corrected chi connectivity index (χ2v) is 9.41. The largest absolute Gasteiger partial charge is 0.381 e. The number of hydrogen-bond donors (Lipinski definition) is 1. The van der Waals surface area contributed by atoms with E-state index < -0.39 is 5.54 Å². The molecule has 0 radical (unpaired) electrons. The third-order valence-corrected chi connectivity index (χ3v) is 6.74. The molecule has 0 bridgehead atoms. The molecule has 0 heterocycles. The van der Waals surface area contributed by atoms with E-state index in [2.05, 4.69) is 43.9 Å². The number of rotatable bonds is 4. The van der Waals surface area contributed by atoms with Crippen LogP contribution in [0.5, 0.6) is 0 Å². The highest BCUT2D eigenvalue weighted by atomic mass is 16.5. The van der Waals surface area contributed by atoms with Gasteiger partial charge in [0.05, 0.1) is 6.10 Å². The lowest BCUT2D eigenvalue weighted by Crippen LogP contribution is -2.48. The molecule has 0 aromatic heterocycles. The molecule has 1 saturated carbocycles. The molecule has 162 valence electrons. The third kappa shape index (κ3) is 3.98. The van der Waals surface area contributed by atoms with Crippen LogP contribution >= 0.6 is 0 Å². The molecule has 1 spiro atoms. The first-order valence-electron chi connectivity index (χ1n) is 10.9. The molecular weight excluding hydrogens is 374 g/mol. The van der Waals surface area contributed by atoms with Crippen LogP contribution in [0.2, 0.25) is 0 Å². The summed E-state index contributed by atoms with van der Waals surface area (Å²) in [5.41, 5.74) is 8.11. The van der Waals surface area contributed by atoms with Crippen LogP contribution < -0.4 is 5.73 Å². The van der Waals surface area contributed by atoms with E-state index in [1.165, 1.54) is 5.56 Å². The number of carbonyl (C=O) groups excluding carboxylic acids is 1. The molecule has 5 nitrogen and oxygen atoms in total. The predicted molar refractivity (Wildman–Crippen MR) is 121 cm³/mol. The van der Waals surface area contributed by atoms with Crippen LogP contribution in [0.15, 0.2) is 23.2 Å². The molecule has 2 N–H and O–H groups in total. The highest BCUT2D eigenvalue weighted by molar-refractivity contribution is 5.84. The first-order chi connectivity index (χ1) is 14.3. The van der Waals surface area contributed by atoms with Crippen molar-refractivity contribution in [1.82, 2.24) is 4.90 Å². The first-order valence-corrected chi connectivity index (χ1v) is 10.9. The highest BCUT2D eigenvalue weighted by Gasteiger charge is 2.59. The number of benzene rings is 1. The molecule has 3 rings (SSSR count). The predicted octanol–water partition coefficient (Wildman–Crippen LogP) is 3.49. The molecule has 2 aliphatic carbocycles. The quantitative estimate of drug-likeness (QED) is 0.358. The van der Waals surface area contributed by atoms with Crippen LogP contribution in [0.4, 0.5) is 0 Å². The Bertz CT molecular complexity index is 870. The van der Waals surface area contributed by atoms with Gasteiger partial charge in [-0.25, -0.2) is 4.99 Å². The number of aliphatic imine (C=N–C) groups is 1. The van der Waals surface area contributed by atoms with Crippen molar-refractivity contribution >= 4 is 12.2 Å². The van der Waals surface area contributed by atoms with Crippen LogP contribution in [0.3, 0.4) is 0 Å². The number of nitrogens with two attached hydrogens (primary N) is 1. The van der Waals surface area contributed by atoms with Gasteiger partial charge in [0.1, 0.15) is 0 Å². The molecule has 1 aromatic carbocycles. The lowest BCUT2D eigenvalue weighted by Gasteiger charge is -2.45. The number of aldehydes is 1. The van der Waals surface area contributed by atoms with Gasteiger partial charge in [0.2, 0.25) is 0 Å². The fraction of sp³-hybridized carbons (Fsp3) is 0.600. The lowest BCUT2D eigenvalue weighted by molar-refractivity contribution is -0.118. The van der Waals surface area contributed by atoms with Crippen molar-refractivity contribution in [3.05, 3.63) is 34.9 Å². The maximum Gasteiger partial charge on any atom is 0.192 e. The van der Waals surface area contributed by atoms with E-state index in [9.17, 15) is 4.79 Å². The summed E-state index contributed by atoms with van der Waals surface area (Å²) in [4.78, 5) is 19.5. The third-order valence-electron chi connectivity index (χ3n) is 6.74. The fourth-order valence-electron chi connectivity index (χ4n) is 4.92. The normalized spacial score (nSPS) is 28.2. The molecule has 5 heteroatoms. The van der Waals surface area contributed by atoms with Gasteiger partial charge in [-0.3, -0.25) is 0 Å². The van der Waals surface area contributed by atoms with Crippen molar-refractivity contribution in [2.45, 2.75) is 64.0 Å². The zero-order valence-corrected chi connectivity index (χ0v) is 19.0. The Hall–Kier alpha value is -2.32. The zero-order valence-electron chi connectivity index (χ0n) is 19.0. The Labute approximate surface area is 181 Å². The molecule has 1 fully saturated rings. The Balaban J connectivity index is 2.11. The van der Waals surface area contributed by atoms with E-state index in [0.717, 1.165) is 55.9 Å². The smallest absolute Gasteiger partial charge is 0.192 e. The molecule has 30 heavy (non-hydrogen) atoms. The molecule has 0 amide bonds. The van der Waals surface area contributed by atoms with Gasteiger partial charge in [0.15, 0.2) is 17.8 Å². The minimum Gasteiger partial charge on any atom is -0.381 e. The van der Waals surface area contributed by atoms with Crippen LogP contribution in [-0.2, 0) is 21.5 Å². The van der Waals surface area contributed by atoms with Crippen LogP contribution in [-0.4, -0.2) is 44.5 Å². The number of methoxy groups -OCH3 is 1. The van der Waals surface area contributed by atoms with Gasteiger partial charge in [-0.2, -0.15) is 0 Å². The molecule has 0 aliphatic heterocycles. The minimum absolute atomic E-state index is 0.247. The second-order valence-electron chi connectivity index (χ2n) is 9.41. The van der Waals surface area contributed by atoms with Gasteiger partial charge >= 0.3 is 0 Å². The van der Waals surface area contributed by atoms with Gasteiger partial charge in [-0.15, -0.1) is 0 Å². The number of carbonyl (C=O) groups is 1. The summed E-state index contributed by atoms with van der Waals surface area (Å²) in [6.45, 7) is 4.32. The van der Waals surface area contributed by atoms with Crippen molar-refractivity contribution in [3.63, 3.8) is 0 Å². The maximum atomic E-state index is 12.8. The van der Waals surface area contributed by atoms with Gasteiger partial charge in [-0.1, -0.05) is 31.8 Å². The maximum absolute atomic E-state index is 12.8. The number of hydrogen-bond acceptors (Lipinski definition) is 3. The molecular formula is C25H35N3O2. The van der Waals surface area contributed by atoms with E-state index in [1.807, 2.05) is 14.1 Å². The van der Waals surface area contributed by atoms with Gasteiger partial charge in [0, 0.05) is 38.6 Å². The number of ether oxygens (including phenoxy) is 1. The summed E-state index contributed by atoms with van der Waals surface area (Å²) in [5, 5.41) is 0. The zero-order chi connectivity index (χ0) is 21.9. The topological polar surface area (TPSA) is 67.9 Å². The van der Waals surface area contributed by atoms with Gasteiger partial charge in [0.25, 0.3) is 0 Å². The van der Waals surface area contributed by atoms with Gasteiger partial charge in [-0.05, 0) is 61.3 Å².